The number of hydrogen-bond acceptors (Lipinski definition) is 2. The van der Waals surface area contributed by atoms with Gasteiger partial charge in [0.2, 0.25) is 0 Å². The summed E-state index contributed by atoms with van der Waals surface area (Å²) >= 11 is 0. The van der Waals surface area contributed by atoms with Crippen molar-refractivity contribution in [1.29, 1.82) is 0 Å². The van der Waals surface area contributed by atoms with Crippen LogP contribution in [-0.4, -0.2) is 0 Å². The molecule has 24 heavy (non-hydrogen) atoms. The van der Waals surface area contributed by atoms with Gasteiger partial charge in [0.25, 0.3) is 0 Å². The van der Waals surface area contributed by atoms with Gasteiger partial charge in [0, 0.05) is 6.04 Å². The van der Waals surface area contributed by atoms with Gasteiger partial charge in [-0.05, 0) is 54.0 Å². The fourth-order valence-electron chi connectivity index (χ4n) is 3.86. The SMILES string of the molecule is c1ccc(C[C@@H]2CCc3ccccc3[C@H]2NCc2ccco2)cc1. The van der Waals surface area contributed by atoms with Crippen LogP contribution in [0, 0.1) is 5.92 Å². The molecule has 0 saturated heterocycles. The summed E-state index contributed by atoms with van der Waals surface area (Å²) in [4.78, 5) is 0. The Morgan fingerprint density at radius 1 is 0.917 bits per heavy atom. The molecule has 0 saturated carbocycles. The van der Waals surface area contributed by atoms with E-state index in [0.29, 0.717) is 12.0 Å². The number of furan rings is 1. The predicted molar refractivity (Wildman–Crippen MR) is 96.7 cm³/mol. The van der Waals surface area contributed by atoms with E-state index in [1.807, 2.05) is 12.1 Å². The zero-order valence-electron chi connectivity index (χ0n) is 13.8. The Balaban J connectivity index is 1.57. The van der Waals surface area contributed by atoms with Crippen molar-refractivity contribution in [1.82, 2.24) is 5.32 Å². The molecule has 1 N–H and O–H groups in total. The Labute approximate surface area is 143 Å². The molecule has 1 aliphatic rings. The zero-order chi connectivity index (χ0) is 16.2. The molecule has 0 spiro atoms. The standard InChI is InChI=1S/C22H23NO/c1-2-7-17(8-3-1)15-19-13-12-18-9-4-5-11-21(18)22(19)23-16-20-10-6-14-24-20/h1-11,14,19,22-23H,12-13,15-16H2/t19-,22-/m0/s1. The topological polar surface area (TPSA) is 25.2 Å². The lowest BCUT2D eigenvalue weighted by Gasteiger charge is -2.34. The molecule has 0 amide bonds. The van der Waals surface area contributed by atoms with E-state index in [1.54, 1.807) is 6.26 Å². The van der Waals surface area contributed by atoms with Gasteiger partial charge < -0.3 is 9.73 Å². The lowest BCUT2D eigenvalue weighted by atomic mass is 9.77. The van der Waals surface area contributed by atoms with Gasteiger partial charge in [0.1, 0.15) is 5.76 Å². The second-order valence-corrected chi connectivity index (χ2v) is 6.63. The largest absolute Gasteiger partial charge is 0.468 e. The van der Waals surface area contributed by atoms with Crippen LogP contribution in [0.3, 0.4) is 0 Å². The van der Waals surface area contributed by atoms with Crippen molar-refractivity contribution in [2.75, 3.05) is 0 Å². The van der Waals surface area contributed by atoms with Crippen LogP contribution in [0.1, 0.15) is 34.9 Å². The number of hydrogen-bond donors (Lipinski definition) is 1. The molecular formula is C22H23NO. The van der Waals surface area contributed by atoms with E-state index in [1.165, 1.54) is 29.5 Å². The van der Waals surface area contributed by atoms with E-state index in [9.17, 15) is 0 Å². The normalized spacial score (nSPS) is 19.8. The summed E-state index contributed by atoms with van der Waals surface area (Å²) in [5.41, 5.74) is 4.36. The maximum absolute atomic E-state index is 5.50. The van der Waals surface area contributed by atoms with Gasteiger partial charge in [-0.1, -0.05) is 54.6 Å². The van der Waals surface area contributed by atoms with Crippen molar-refractivity contribution in [2.24, 2.45) is 5.92 Å². The molecule has 1 aromatic heterocycles. The first-order valence-electron chi connectivity index (χ1n) is 8.77. The monoisotopic (exact) mass is 317 g/mol. The summed E-state index contributed by atoms with van der Waals surface area (Å²) in [6.45, 7) is 0.775. The molecule has 1 heterocycles. The maximum Gasteiger partial charge on any atom is 0.117 e. The Morgan fingerprint density at radius 2 is 1.75 bits per heavy atom. The third-order valence-corrected chi connectivity index (χ3v) is 5.06. The van der Waals surface area contributed by atoms with Crippen molar-refractivity contribution in [2.45, 2.75) is 31.8 Å². The average molecular weight is 317 g/mol. The maximum atomic E-state index is 5.50. The minimum atomic E-state index is 0.375. The van der Waals surface area contributed by atoms with Crippen molar-refractivity contribution in [3.8, 4) is 0 Å². The zero-order valence-corrected chi connectivity index (χ0v) is 13.8. The number of benzene rings is 2. The molecule has 2 aromatic carbocycles. The first kappa shape index (κ1) is 15.2. The van der Waals surface area contributed by atoms with Gasteiger partial charge in [-0.25, -0.2) is 0 Å². The highest BCUT2D eigenvalue weighted by molar-refractivity contribution is 5.33. The van der Waals surface area contributed by atoms with Crippen LogP contribution in [0.2, 0.25) is 0 Å². The number of fused-ring (bicyclic) bond motifs is 1. The summed E-state index contributed by atoms with van der Waals surface area (Å²) in [6.07, 6.45) is 5.26. The van der Waals surface area contributed by atoms with Crippen LogP contribution in [-0.2, 0) is 19.4 Å². The minimum absolute atomic E-state index is 0.375. The first-order valence-corrected chi connectivity index (χ1v) is 8.77. The van der Waals surface area contributed by atoms with Crippen LogP contribution >= 0.6 is 0 Å². The van der Waals surface area contributed by atoms with E-state index in [4.69, 9.17) is 4.42 Å². The average Bonchev–Trinajstić information content (AvgIpc) is 3.15. The van der Waals surface area contributed by atoms with E-state index >= 15 is 0 Å². The summed E-state index contributed by atoms with van der Waals surface area (Å²) in [7, 11) is 0. The van der Waals surface area contributed by atoms with Gasteiger partial charge in [-0.2, -0.15) is 0 Å². The fraction of sp³-hybridized carbons (Fsp3) is 0.273. The number of aryl methyl sites for hydroxylation is 1. The molecule has 2 heteroatoms. The van der Waals surface area contributed by atoms with E-state index < -0.39 is 0 Å². The summed E-state index contributed by atoms with van der Waals surface area (Å²) in [6, 6.07) is 24.1. The van der Waals surface area contributed by atoms with E-state index in [2.05, 4.69) is 59.9 Å². The number of nitrogens with one attached hydrogen (secondary N) is 1. The highest BCUT2D eigenvalue weighted by Gasteiger charge is 2.29. The van der Waals surface area contributed by atoms with E-state index in [0.717, 1.165) is 18.7 Å². The number of rotatable bonds is 5. The van der Waals surface area contributed by atoms with E-state index in [-0.39, 0.29) is 0 Å². The molecule has 122 valence electrons. The third kappa shape index (κ3) is 3.29. The summed E-state index contributed by atoms with van der Waals surface area (Å²) in [5.74, 6) is 1.61. The summed E-state index contributed by atoms with van der Waals surface area (Å²) in [5, 5.41) is 3.76. The van der Waals surface area contributed by atoms with Crippen LogP contribution in [0.15, 0.2) is 77.4 Å². The van der Waals surface area contributed by atoms with Crippen LogP contribution in [0.25, 0.3) is 0 Å². The quantitative estimate of drug-likeness (QED) is 0.723. The molecule has 2 nitrogen and oxygen atoms in total. The Kier molecular flexibility index (Phi) is 4.48. The molecule has 3 aromatic rings. The van der Waals surface area contributed by atoms with Crippen LogP contribution in [0.4, 0.5) is 0 Å². The lowest BCUT2D eigenvalue weighted by molar-refractivity contribution is 0.307. The van der Waals surface area contributed by atoms with Crippen molar-refractivity contribution in [3.63, 3.8) is 0 Å². The predicted octanol–water partition coefficient (Wildman–Crippen LogP) is 4.92. The smallest absolute Gasteiger partial charge is 0.117 e. The molecule has 4 rings (SSSR count). The fourth-order valence-corrected chi connectivity index (χ4v) is 3.86. The third-order valence-electron chi connectivity index (χ3n) is 5.06. The molecule has 0 radical (unpaired) electrons. The van der Waals surface area contributed by atoms with Gasteiger partial charge >= 0.3 is 0 Å². The van der Waals surface area contributed by atoms with Gasteiger partial charge in [0.15, 0.2) is 0 Å². The lowest BCUT2D eigenvalue weighted by Crippen LogP contribution is -2.33. The van der Waals surface area contributed by atoms with Crippen LogP contribution < -0.4 is 5.32 Å². The van der Waals surface area contributed by atoms with Crippen molar-refractivity contribution in [3.05, 3.63) is 95.4 Å². The summed E-state index contributed by atoms with van der Waals surface area (Å²) < 4.78 is 5.50. The molecule has 0 unspecified atom stereocenters. The van der Waals surface area contributed by atoms with Crippen molar-refractivity contribution < 1.29 is 4.42 Å². The van der Waals surface area contributed by atoms with Gasteiger partial charge in [-0.15, -0.1) is 0 Å². The second kappa shape index (κ2) is 7.06. The molecule has 1 aliphatic carbocycles. The molecule has 2 atom stereocenters. The Hall–Kier alpha value is -2.32. The highest BCUT2D eigenvalue weighted by Crippen LogP contribution is 2.36. The molecule has 0 fully saturated rings. The molecule has 0 aliphatic heterocycles. The molecular weight excluding hydrogens is 294 g/mol. The van der Waals surface area contributed by atoms with Gasteiger partial charge in [-0.3, -0.25) is 0 Å². The van der Waals surface area contributed by atoms with Gasteiger partial charge in [0.05, 0.1) is 12.8 Å². The van der Waals surface area contributed by atoms with Crippen LogP contribution in [0.5, 0.6) is 0 Å². The Morgan fingerprint density at radius 3 is 2.58 bits per heavy atom. The second-order valence-electron chi connectivity index (χ2n) is 6.63. The van der Waals surface area contributed by atoms with Crippen molar-refractivity contribution >= 4 is 0 Å². The highest BCUT2D eigenvalue weighted by atomic mass is 16.3. The molecule has 0 bridgehead atoms. The minimum Gasteiger partial charge on any atom is -0.468 e. The Bertz CT molecular complexity index is 764. The first-order chi connectivity index (χ1) is 11.9.